The molecule has 0 saturated carbocycles. The van der Waals surface area contributed by atoms with Crippen LogP contribution in [0.5, 0.6) is 11.5 Å². The summed E-state index contributed by atoms with van der Waals surface area (Å²) >= 11 is 0. The summed E-state index contributed by atoms with van der Waals surface area (Å²) in [4.78, 5) is 12.9. The minimum atomic E-state index is -0.858. The van der Waals surface area contributed by atoms with Gasteiger partial charge in [-0.25, -0.2) is 4.79 Å². The molecular formula is C28H27NO5. The van der Waals surface area contributed by atoms with Gasteiger partial charge in [0.2, 0.25) is 0 Å². The van der Waals surface area contributed by atoms with Gasteiger partial charge in [0.1, 0.15) is 17.6 Å². The number of benzene rings is 4. The standard InChI is InChI=1S/C28H27NO5/c1-19-11-13-20(14-12-19)29-28(32)34-27(26(17-18-30)33-21-7-3-2-4-8-21)24-15-16-25(31)23-10-6-5-9-22(23)24/h2-16,26-27,30-31H,17-18H2,1H3,(H,29,32)/t26-,27-/m0/s1. The Morgan fingerprint density at radius 3 is 2.26 bits per heavy atom. The van der Waals surface area contributed by atoms with Crippen LogP contribution in [0.1, 0.15) is 23.7 Å². The number of fused-ring (bicyclic) bond motifs is 1. The first-order valence-corrected chi connectivity index (χ1v) is 11.1. The summed E-state index contributed by atoms with van der Waals surface area (Å²) in [7, 11) is 0. The topological polar surface area (TPSA) is 88.0 Å². The van der Waals surface area contributed by atoms with Crippen molar-refractivity contribution in [1.82, 2.24) is 0 Å². The third-order valence-corrected chi connectivity index (χ3v) is 5.56. The van der Waals surface area contributed by atoms with Gasteiger partial charge in [-0.2, -0.15) is 0 Å². The van der Waals surface area contributed by atoms with Gasteiger partial charge in [-0.1, -0.05) is 66.2 Å². The highest BCUT2D eigenvalue weighted by Gasteiger charge is 2.30. The Labute approximate surface area is 198 Å². The van der Waals surface area contributed by atoms with Crippen molar-refractivity contribution in [1.29, 1.82) is 0 Å². The van der Waals surface area contributed by atoms with Gasteiger partial charge in [-0.05, 0) is 42.6 Å². The van der Waals surface area contributed by atoms with Gasteiger partial charge in [0.25, 0.3) is 0 Å². The first-order valence-electron chi connectivity index (χ1n) is 11.1. The molecule has 174 valence electrons. The van der Waals surface area contributed by atoms with Crippen LogP contribution in [0.3, 0.4) is 0 Å². The van der Waals surface area contributed by atoms with Gasteiger partial charge in [-0.3, -0.25) is 5.32 Å². The predicted molar refractivity (Wildman–Crippen MR) is 132 cm³/mol. The molecule has 0 aromatic heterocycles. The maximum atomic E-state index is 12.9. The van der Waals surface area contributed by atoms with Crippen LogP contribution >= 0.6 is 0 Å². The molecule has 4 aromatic carbocycles. The van der Waals surface area contributed by atoms with E-state index < -0.39 is 18.3 Å². The number of aliphatic hydroxyl groups excluding tert-OH is 1. The number of hydrogen-bond donors (Lipinski definition) is 3. The Hall–Kier alpha value is -4.03. The second-order valence-electron chi connectivity index (χ2n) is 8.02. The van der Waals surface area contributed by atoms with Crippen molar-refractivity contribution in [3.63, 3.8) is 0 Å². The lowest BCUT2D eigenvalue weighted by Crippen LogP contribution is -2.32. The third-order valence-electron chi connectivity index (χ3n) is 5.56. The van der Waals surface area contributed by atoms with Gasteiger partial charge < -0.3 is 19.7 Å². The highest BCUT2D eigenvalue weighted by molar-refractivity contribution is 5.91. The van der Waals surface area contributed by atoms with E-state index in [0.29, 0.717) is 22.4 Å². The lowest BCUT2D eigenvalue weighted by atomic mass is 9.95. The van der Waals surface area contributed by atoms with Gasteiger partial charge in [0.05, 0.1) is 0 Å². The SMILES string of the molecule is Cc1ccc(NC(=O)O[C@@H](c2ccc(O)c3ccccc23)[C@H](CCO)Oc2ccccc2)cc1. The number of aliphatic hydroxyl groups is 1. The van der Waals surface area contributed by atoms with Gasteiger partial charge in [0.15, 0.2) is 6.10 Å². The Morgan fingerprint density at radius 2 is 1.56 bits per heavy atom. The van der Waals surface area contributed by atoms with Crippen LogP contribution in [0.2, 0.25) is 0 Å². The number of carbonyl (C=O) groups excluding carboxylic acids is 1. The lowest BCUT2D eigenvalue weighted by Gasteiger charge is -2.29. The summed E-state index contributed by atoms with van der Waals surface area (Å²) in [5.41, 5.74) is 2.35. The van der Waals surface area contributed by atoms with Gasteiger partial charge >= 0.3 is 6.09 Å². The number of nitrogens with one attached hydrogen (secondary N) is 1. The first-order chi connectivity index (χ1) is 16.5. The monoisotopic (exact) mass is 457 g/mol. The normalized spacial score (nSPS) is 12.6. The molecule has 6 heteroatoms. The van der Waals surface area contributed by atoms with E-state index in [1.165, 1.54) is 0 Å². The van der Waals surface area contributed by atoms with Crippen molar-refractivity contribution < 1.29 is 24.5 Å². The van der Waals surface area contributed by atoms with Crippen molar-refractivity contribution in [2.24, 2.45) is 0 Å². The number of anilines is 1. The van der Waals surface area contributed by atoms with Crippen LogP contribution in [0.4, 0.5) is 10.5 Å². The number of aryl methyl sites for hydroxylation is 1. The molecule has 4 aromatic rings. The number of amides is 1. The van der Waals surface area contributed by atoms with E-state index in [1.807, 2.05) is 67.6 Å². The highest BCUT2D eigenvalue weighted by atomic mass is 16.6. The van der Waals surface area contributed by atoms with Crippen molar-refractivity contribution >= 4 is 22.6 Å². The van der Waals surface area contributed by atoms with Crippen LogP contribution in [-0.2, 0) is 4.74 Å². The van der Waals surface area contributed by atoms with Gasteiger partial charge in [0, 0.05) is 29.7 Å². The molecule has 0 spiro atoms. The van der Waals surface area contributed by atoms with Crippen LogP contribution < -0.4 is 10.1 Å². The molecule has 3 N–H and O–H groups in total. The summed E-state index contributed by atoms with van der Waals surface area (Å²) in [6.45, 7) is 1.81. The molecule has 6 nitrogen and oxygen atoms in total. The molecule has 0 fully saturated rings. The summed E-state index contributed by atoms with van der Waals surface area (Å²) in [5, 5.41) is 24.3. The summed E-state index contributed by atoms with van der Waals surface area (Å²) in [6.07, 6.45) is -1.95. The average Bonchev–Trinajstić information content (AvgIpc) is 2.85. The zero-order valence-corrected chi connectivity index (χ0v) is 18.8. The van der Waals surface area contributed by atoms with E-state index in [-0.39, 0.29) is 18.8 Å². The third kappa shape index (κ3) is 5.47. The molecule has 4 rings (SSSR count). The zero-order valence-electron chi connectivity index (χ0n) is 18.8. The molecule has 0 aliphatic rings. The smallest absolute Gasteiger partial charge is 0.412 e. The fourth-order valence-corrected chi connectivity index (χ4v) is 3.87. The number of aromatic hydroxyl groups is 1. The minimum Gasteiger partial charge on any atom is -0.507 e. The second-order valence-corrected chi connectivity index (χ2v) is 8.02. The van der Waals surface area contributed by atoms with E-state index >= 15 is 0 Å². The molecule has 1 amide bonds. The Bertz CT molecular complexity index is 1240. The van der Waals surface area contributed by atoms with Crippen LogP contribution in [0.25, 0.3) is 10.8 Å². The van der Waals surface area contributed by atoms with E-state index in [9.17, 15) is 15.0 Å². The van der Waals surface area contributed by atoms with E-state index in [2.05, 4.69) is 5.32 Å². The fourth-order valence-electron chi connectivity index (χ4n) is 3.87. The first kappa shape index (κ1) is 23.1. The largest absolute Gasteiger partial charge is 0.507 e. The minimum absolute atomic E-state index is 0.130. The molecule has 0 saturated heterocycles. The number of phenolic OH excluding ortho intramolecular Hbond substituents is 1. The maximum absolute atomic E-state index is 12.9. The van der Waals surface area contributed by atoms with Crippen molar-refractivity contribution in [2.75, 3.05) is 11.9 Å². The lowest BCUT2D eigenvalue weighted by molar-refractivity contribution is 0.00983. The molecule has 0 aliphatic heterocycles. The van der Waals surface area contributed by atoms with Crippen LogP contribution in [-0.4, -0.2) is 29.0 Å². The predicted octanol–water partition coefficient (Wildman–Crippen LogP) is 5.97. The van der Waals surface area contributed by atoms with E-state index in [1.54, 1.807) is 30.3 Å². The van der Waals surface area contributed by atoms with Gasteiger partial charge in [-0.15, -0.1) is 0 Å². The van der Waals surface area contributed by atoms with Crippen molar-refractivity contribution in [3.05, 3.63) is 102 Å². The average molecular weight is 458 g/mol. The fraction of sp³-hybridized carbons (Fsp3) is 0.179. The Balaban J connectivity index is 1.71. The molecule has 2 atom stereocenters. The summed E-state index contributed by atoms with van der Waals surface area (Å²) in [5.74, 6) is 0.724. The molecule has 34 heavy (non-hydrogen) atoms. The second kappa shape index (κ2) is 10.7. The molecular weight excluding hydrogens is 430 g/mol. The number of rotatable bonds is 8. The quantitative estimate of drug-likeness (QED) is 0.303. The number of hydrogen-bond acceptors (Lipinski definition) is 5. The highest BCUT2D eigenvalue weighted by Crippen LogP contribution is 2.36. The van der Waals surface area contributed by atoms with Crippen LogP contribution in [0.15, 0.2) is 91.0 Å². The van der Waals surface area contributed by atoms with E-state index in [4.69, 9.17) is 9.47 Å². The van der Waals surface area contributed by atoms with Crippen molar-refractivity contribution in [3.8, 4) is 11.5 Å². The Morgan fingerprint density at radius 1 is 0.882 bits per heavy atom. The summed E-state index contributed by atoms with van der Waals surface area (Å²) in [6, 6.07) is 27.2. The van der Waals surface area contributed by atoms with Crippen molar-refractivity contribution in [2.45, 2.75) is 25.6 Å². The molecule has 0 heterocycles. The number of ether oxygens (including phenoxy) is 2. The number of phenols is 1. The number of para-hydroxylation sites is 1. The molecule has 0 radical (unpaired) electrons. The molecule has 0 bridgehead atoms. The molecule has 0 aliphatic carbocycles. The summed E-state index contributed by atoms with van der Waals surface area (Å²) < 4.78 is 12.1. The molecule has 0 unspecified atom stereocenters. The Kier molecular flexibility index (Phi) is 7.30. The van der Waals surface area contributed by atoms with E-state index in [0.717, 1.165) is 10.9 Å². The number of carbonyl (C=O) groups is 1. The zero-order chi connectivity index (χ0) is 23.9. The van der Waals surface area contributed by atoms with Crippen LogP contribution in [0, 0.1) is 6.92 Å². The maximum Gasteiger partial charge on any atom is 0.412 e.